The quantitative estimate of drug-likeness (QED) is 0.514. The average molecular weight is 497 g/mol. The van der Waals surface area contributed by atoms with E-state index in [1.165, 1.54) is 16.2 Å². The zero-order chi connectivity index (χ0) is 23.2. The Labute approximate surface area is 194 Å². The third kappa shape index (κ3) is 4.22. The number of alkyl halides is 3. The van der Waals surface area contributed by atoms with Gasteiger partial charge in [0.25, 0.3) is 0 Å². The summed E-state index contributed by atoms with van der Waals surface area (Å²) in [5, 5.41) is 0.112. The molecule has 5 nitrogen and oxygen atoms in total. The van der Waals surface area contributed by atoms with Gasteiger partial charge >= 0.3 is 6.18 Å². The van der Waals surface area contributed by atoms with Crippen LogP contribution in [0.4, 0.5) is 18.9 Å². The molecule has 0 spiro atoms. The van der Waals surface area contributed by atoms with E-state index in [1.807, 2.05) is 24.3 Å². The first-order valence-electron chi connectivity index (χ1n) is 9.25. The molecule has 3 aromatic rings. The summed E-state index contributed by atoms with van der Waals surface area (Å²) in [5.74, 6) is -0.258. The number of aromatic nitrogens is 1. The largest absolute Gasteiger partial charge is 0.416 e. The van der Waals surface area contributed by atoms with Crippen molar-refractivity contribution in [2.45, 2.75) is 11.4 Å². The molecule has 166 valence electrons. The normalized spacial score (nSPS) is 18.1. The topological polar surface area (TPSA) is 71.6 Å². The van der Waals surface area contributed by atoms with E-state index >= 15 is 0 Å². The molecule has 11 heteroatoms. The van der Waals surface area contributed by atoms with E-state index < -0.39 is 17.0 Å². The van der Waals surface area contributed by atoms with Crippen molar-refractivity contribution in [2.24, 2.45) is 10.7 Å². The third-order valence-corrected chi connectivity index (χ3v) is 7.27. The lowest BCUT2D eigenvalue weighted by molar-refractivity contribution is -0.137. The summed E-state index contributed by atoms with van der Waals surface area (Å²) >= 11 is 8.59. The van der Waals surface area contributed by atoms with Gasteiger partial charge in [-0.05, 0) is 30.3 Å². The van der Waals surface area contributed by atoms with Gasteiger partial charge in [-0.2, -0.15) is 13.2 Å². The fourth-order valence-corrected chi connectivity index (χ4v) is 5.59. The lowest BCUT2D eigenvalue weighted by Gasteiger charge is -2.15. The number of halogens is 4. The van der Waals surface area contributed by atoms with E-state index in [-0.39, 0.29) is 22.3 Å². The number of nitrogens with two attached hydrogens (primary N) is 1. The Hall–Kier alpha value is -2.56. The molecule has 2 heterocycles. The molecule has 2 aromatic carbocycles. The molecule has 0 bridgehead atoms. The summed E-state index contributed by atoms with van der Waals surface area (Å²) < 4.78 is 40.5. The van der Waals surface area contributed by atoms with E-state index in [0.717, 1.165) is 40.2 Å². The molecule has 32 heavy (non-hydrogen) atoms. The van der Waals surface area contributed by atoms with Gasteiger partial charge in [0, 0.05) is 19.8 Å². The number of thiazole rings is 1. The monoisotopic (exact) mass is 496 g/mol. The first-order chi connectivity index (χ1) is 15.1. The van der Waals surface area contributed by atoms with Gasteiger partial charge in [0.2, 0.25) is 5.91 Å². The fraction of sp³-hybridized carbons (Fsp3) is 0.190. The SMILES string of the molecule is CN(C)C(=O)[C@@H]1SC(=Nc2cc(C(F)(F)F)ccc2Cl)C(c2nc3ccccc3s2)=C1N. The third-order valence-electron chi connectivity index (χ3n) is 4.68. The van der Waals surface area contributed by atoms with Crippen LogP contribution in [0.1, 0.15) is 10.6 Å². The van der Waals surface area contributed by atoms with Crippen LogP contribution in [0.5, 0.6) is 0 Å². The van der Waals surface area contributed by atoms with Crippen LogP contribution in [0, 0.1) is 0 Å². The maximum Gasteiger partial charge on any atom is 0.416 e. The minimum absolute atomic E-state index is 0.0516. The lowest BCUT2D eigenvalue weighted by atomic mass is 10.1. The van der Waals surface area contributed by atoms with Crippen LogP contribution < -0.4 is 5.73 Å². The summed E-state index contributed by atoms with van der Waals surface area (Å²) in [5.41, 5.74) is 6.89. The number of amides is 1. The summed E-state index contributed by atoms with van der Waals surface area (Å²) in [4.78, 5) is 23.1. The molecule has 0 saturated carbocycles. The highest BCUT2D eigenvalue weighted by Crippen LogP contribution is 2.43. The van der Waals surface area contributed by atoms with E-state index in [2.05, 4.69) is 9.98 Å². The maximum absolute atomic E-state index is 13.2. The molecule has 0 fully saturated rings. The van der Waals surface area contributed by atoms with Crippen LogP contribution in [0.15, 0.2) is 53.2 Å². The number of nitrogens with zero attached hydrogens (tertiary/aromatic N) is 3. The molecule has 1 aliphatic rings. The Kier molecular flexibility index (Phi) is 5.95. The van der Waals surface area contributed by atoms with Crippen molar-refractivity contribution in [2.75, 3.05) is 14.1 Å². The Morgan fingerprint density at radius 2 is 1.94 bits per heavy atom. The molecule has 1 atom stereocenters. The molecule has 0 radical (unpaired) electrons. The minimum Gasteiger partial charge on any atom is -0.400 e. The molecule has 4 rings (SSSR count). The van der Waals surface area contributed by atoms with Crippen molar-refractivity contribution in [1.82, 2.24) is 9.88 Å². The minimum atomic E-state index is -4.55. The fourth-order valence-electron chi connectivity index (χ4n) is 3.07. The van der Waals surface area contributed by atoms with Gasteiger partial charge in [0.15, 0.2) is 0 Å². The number of benzene rings is 2. The molecular weight excluding hydrogens is 481 g/mol. The summed E-state index contributed by atoms with van der Waals surface area (Å²) in [6, 6.07) is 10.4. The predicted molar refractivity (Wildman–Crippen MR) is 124 cm³/mol. The van der Waals surface area contributed by atoms with E-state index in [1.54, 1.807) is 14.1 Å². The Bertz CT molecular complexity index is 1250. The smallest absolute Gasteiger partial charge is 0.400 e. The number of rotatable bonds is 3. The molecule has 2 N–H and O–H groups in total. The standard InChI is InChI=1S/C21H16ClF3N4OS2/c1-29(2)20(30)17-16(26)15(18-27-12-5-3-4-6-14(12)31-18)19(32-17)28-13-9-10(21(23,24)25)7-8-11(13)22/h3-9,17H,26H2,1-2H3/t17-/m1/s1. The Morgan fingerprint density at radius 1 is 1.22 bits per heavy atom. The number of hydrogen-bond donors (Lipinski definition) is 1. The highest BCUT2D eigenvalue weighted by Gasteiger charge is 2.38. The van der Waals surface area contributed by atoms with Gasteiger partial charge < -0.3 is 10.6 Å². The van der Waals surface area contributed by atoms with Crippen molar-refractivity contribution in [3.05, 3.63) is 63.8 Å². The van der Waals surface area contributed by atoms with Crippen LogP contribution in [0.2, 0.25) is 5.02 Å². The molecular formula is C21H16ClF3N4OS2. The number of hydrogen-bond acceptors (Lipinski definition) is 6. The molecule has 1 aromatic heterocycles. The molecule has 0 saturated heterocycles. The van der Waals surface area contributed by atoms with Crippen molar-refractivity contribution in [3.8, 4) is 0 Å². The zero-order valence-corrected chi connectivity index (χ0v) is 19.2. The molecule has 0 unspecified atom stereocenters. The highest BCUT2D eigenvalue weighted by molar-refractivity contribution is 8.16. The van der Waals surface area contributed by atoms with E-state index in [9.17, 15) is 18.0 Å². The van der Waals surface area contributed by atoms with Crippen LogP contribution in [0.3, 0.4) is 0 Å². The first-order valence-corrected chi connectivity index (χ1v) is 11.3. The van der Waals surface area contributed by atoms with Gasteiger partial charge in [-0.3, -0.25) is 4.79 Å². The molecule has 1 amide bonds. The highest BCUT2D eigenvalue weighted by atomic mass is 35.5. The second-order valence-electron chi connectivity index (χ2n) is 7.13. The Balaban J connectivity index is 1.88. The Morgan fingerprint density at radius 3 is 2.59 bits per heavy atom. The maximum atomic E-state index is 13.2. The number of carbonyl (C=O) groups excluding carboxylic acids is 1. The van der Waals surface area contributed by atoms with Crippen molar-refractivity contribution >= 4 is 67.1 Å². The lowest BCUT2D eigenvalue weighted by Crippen LogP contribution is -2.33. The van der Waals surface area contributed by atoms with E-state index in [0.29, 0.717) is 15.6 Å². The summed E-state index contributed by atoms with van der Waals surface area (Å²) in [6.07, 6.45) is -4.55. The molecule has 1 aliphatic heterocycles. The van der Waals surface area contributed by atoms with Gasteiger partial charge in [0.1, 0.15) is 15.3 Å². The van der Waals surface area contributed by atoms with Crippen LogP contribution in [-0.2, 0) is 11.0 Å². The van der Waals surface area contributed by atoms with Crippen molar-refractivity contribution in [3.63, 3.8) is 0 Å². The van der Waals surface area contributed by atoms with Gasteiger partial charge in [-0.25, -0.2) is 9.98 Å². The van der Waals surface area contributed by atoms with Crippen molar-refractivity contribution < 1.29 is 18.0 Å². The number of fused-ring (bicyclic) bond motifs is 1. The van der Waals surface area contributed by atoms with Crippen molar-refractivity contribution in [1.29, 1.82) is 0 Å². The molecule has 0 aliphatic carbocycles. The second kappa shape index (κ2) is 8.42. The van der Waals surface area contributed by atoms with Crippen LogP contribution in [-0.4, -0.2) is 40.2 Å². The summed E-state index contributed by atoms with van der Waals surface area (Å²) in [7, 11) is 3.21. The number of carbonyl (C=O) groups is 1. The number of aliphatic imine (C=N–C) groups is 1. The number of thioether (sulfide) groups is 1. The van der Waals surface area contributed by atoms with E-state index in [4.69, 9.17) is 17.3 Å². The predicted octanol–water partition coefficient (Wildman–Crippen LogP) is 5.57. The van der Waals surface area contributed by atoms with Crippen LogP contribution >= 0.6 is 34.7 Å². The van der Waals surface area contributed by atoms with Gasteiger partial charge in [-0.15, -0.1) is 11.3 Å². The average Bonchev–Trinajstić information content (AvgIpc) is 3.28. The zero-order valence-electron chi connectivity index (χ0n) is 16.8. The van der Waals surface area contributed by atoms with Gasteiger partial charge in [-0.1, -0.05) is 35.5 Å². The van der Waals surface area contributed by atoms with Crippen LogP contribution in [0.25, 0.3) is 15.8 Å². The number of para-hydroxylation sites is 1. The first kappa shape index (κ1) is 22.6. The van der Waals surface area contributed by atoms with Gasteiger partial charge in [0.05, 0.1) is 32.1 Å². The summed E-state index contributed by atoms with van der Waals surface area (Å²) in [6.45, 7) is 0. The second-order valence-corrected chi connectivity index (χ2v) is 9.66.